The van der Waals surface area contributed by atoms with Gasteiger partial charge >= 0.3 is 6.61 Å². The maximum absolute atomic E-state index is 12.4. The zero-order valence-corrected chi connectivity index (χ0v) is 14.7. The van der Waals surface area contributed by atoms with E-state index < -0.39 is 6.61 Å². The minimum absolute atomic E-state index is 0.0195. The van der Waals surface area contributed by atoms with Crippen LogP contribution in [0.15, 0.2) is 78.9 Å². The van der Waals surface area contributed by atoms with Crippen molar-refractivity contribution in [3.63, 3.8) is 0 Å². The standard InChI is InChI=1S/C22H19F2NO2/c1-15(16-7-9-18(10-8-16)17-5-3-2-4-6-17)25-21(26)19-11-13-20(14-12-19)27-22(23)24/h2-15,22H,1H3,(H,25,26)/t15-/m1/s1. The number of hydrogen-bond donors (Lipinski definition) is 1. The Labute approximate surface area is 156 Å². The number of alkyl halides is 2. The molecule has 0 bridgehead atoms. The van der Waals surface area contributed by atoms with Crippen LogP contribution < -0.4 is 10.1 Å². The summed E-state index contributed by atoms with van der Waals surface area (Å²) in [6.45, 7) is -0.993. The molecule has 1 atom stereocenters. The number of carbonyl (C=O) groups is 1. The Morgan fingerprint density at radius 2 is 1.44 bits per heavy atom. The maximum Gasteiger partial charge on any atom is 0.387 e. The van der Waals surface area contributed by atoms with Crippen molar-refractivity contribution in [3.05, 3.63) is 90.0 Å². The van der Waals surface area contributed by atoms with Crippen LogP contribution in [-0.4, -0.2) is 12.5 Å². The summed E-state index contributed by atoms with van der Waals surface area (Å²) in [5, 5.41) is 2.90. The van der Waals surface area contributed by atoms with Gasteiger partial charge in [0.15, 0.2) is 0 Å². The first-order valence-corrected chi connectivity index (χ1v) is 8.54. The lowest BCUT2D eigenvalue weighted by Crippen LogP contribution is -2.26. The van der Waals surface area contributed by atoms with E-state index in [0.29, 0.717) is 5.56 Å². The summed E-state index contributed by atoms with van der Waals surface area (Å²) in [6, 6.07) is 23.4. The van der Waals surface area contributed by atoms with Gasteiger partial charge in [-0.2, -0.15) is 8.78 Å². The lowest BCUT2D eigenvalue weighted by atomic mass is 10.0. The summed E-state index contributed by atoms with van der Waals surface area (Å²) in [6.07, 6.45) is 0. The van der Waals surface area contributed by atoms with Gasteiger partial charge < -0.3 is 10.1 Å². The molecule has 0 heterocycles. The molecule has 5 heteroatoms. The molecule has 3 nitrogen and oxygen atoms in total. The molecular formula is C22H19F2NO2. The van der Waals surface area contributed by atoms with Crippen LogP contribution in [0.25, 0.3) is 11.1 Å². The average Bonchev–Trinajstić information content (AvgIpc) is 2.69. The molecule has 0 aliphatic carbocycles. The highest BCUT2D eigenvalue weighted by molar-refractivity contribution is 5.94. The van der Waals surface area contributed by atoms with E-state index in [0.717, 1.165) is 16.7 Å². The molecule has 0 aliphatic heterocycles. The quantitative estimate of drug-likeness (QED) is 0.629. The van der Waals surface area contributed by atoms with Crippen molar-refractivity contribution in [2.75, 3.05) is 0 Å². The highest BCUT2D eigenvalue weighted by atomic mass is 19.3. The fourth-order valence-electron chi connectivity index (χ4n) is 2.75. The van der Waals surface area contributed by atoms with Gasteiger partial charge in [-0.3, -0.25) is 4.79 Å². The molecule has 0 spiro atoms. The second-order valence-corrected chi connectivity index (χ2v) is 6.09. The van der Waals surface area contributed by atoms with Gasteiger partial charge in [0.05, 0.1) is 6.04 Å². The molecule has 3 aromatic rings. The second kappa shape index (κ2) is 8.45. The van der Waals surface area contributed by atoms with Crippen LogP contribution in [0.1, 0.15) is 28.9 Å². The first-order valence-electron chi connectivity index (χ1n) is 8.54. The van der Waals surface area contributed by atoms with E-state index in [4.69, 9.17) is 0 Å². The van der Waals surface area contributed by atoms with Gasteiger partial charge in [0.25, 0.3) is 5.91 Å². The fraction of sp³-hybridized carbons (Fsp3) is 0.136. The summed E-state index contributed by atoms with van der Waals surface area (Å²) < 4.78 is 28.6. The smallest absolute Gasteiger partial charge is 0.387 e. The highest BCUT2D eigenvalue weighted by Gasteiger charge is 2.12. The number of halogens is 2. The van der Waals surface area contributed by atoms with Crippen LogP contribution >= 0.6 is 0 Å². The zero-order valence-electron chi connectivity index (χ0n) is 14.7. The summed E-state index contributed by atoms with van der Waals surface area (Å²) in [7, 11) is 0. The topological polar surface area (TPSA) is 38.3 Å². The molecule has 0 saturated carbocycles. The van der Waals surface area contributed by atoms with Crippen LogP contribution in [0, 0.1) is 0 Å². The molecule has 1 amide bonds. The SMILES string of the molecule is C[C@@H](NC(=O)c1ccc(OC(F)F)cc1)c1ccc(-c2ccccc2)cc1. The number of hydrogen-bond acceptors (Lipinski definition) is 2. The number of benzene rings is 3. The van der Waals surface area contributed by atoms with Gasteiger partial charge in [0.1, 0.15) is 5.75 Å². The Morgan fingerprint density at radius 3 is 2.04 bits per heavy atom. The average molecular weight is 367 g/mol. The number of nitrogens with one attached hydrogen (secondary N) is 1. The molecule has 0 unspecified atom stereocenters. The highest BCUT2D eigenvalue weighted by Crippen LogP contribution is 2.22. The van der Waals surface area contributed by atoms with Gasteiger partial charge in [-0.1, -0.05) is 54.6 Å². The minimum atomic E-state index is -2.89. The molecular weight excluding hydrogens is 348 g/mol. The monoisotopic (exact) mass is 367 g/mol. The maximum atomic E-state index is 12.4. The van der Waals surface area contributed by atoms with Crippen LogP contribution in [0.3, 0.4) is 0 Å². The normalized spacial score (nSPS) is 11.9. The number of amides is 1. The van der Waals surface area contributed by atoms with E-state index in [9.17, 15) is 13.6 Å². The molecule has 3 rings (SSSR count). The Bertz CT molecular complexity index is 878. The third-order valence-electron chi connectivity index (χ3n) is 4.21. The molecule has 0 saturated heterocycles. The van der Waals surface area contributed by atoms with Crippen LogP contribution in [0.4, 0.5) is 8.78 Å². The van der Waals surface area contributed by atoms with Crippen molar-refractivity contribution in [2.45, 2.75) is 19.6 Å². The van der Waals surface area contributed by atoms with Crippen molar-refractivity contribution in [1.82, 2.24) is 5.32 Å². The largest absolute Gasteiger partial charge is 0.435 e. The van der Waals surface area contributed by atoms with Crippen molar-refractivity contribution >= 4 is 5.91 Å². The Morgan fingerprint density at radius 1 is 0.852 bits per heavy atom. The van der Waals surface area contributed by atoms with E-state index in [1.54, 1.807) is 0 Å². The van der Waals surface area contributed by atoms with Crippen LogP contribution in [0.2, 0.25) is 0 Å². The minimum Gasteiger partial charge on any atom is -0.435 e. The lowest BCUT2D eigenvalue weighted by Gasteiger charge is -2.15. The predicted molar refractivity (Wildman–Crippen MR) is 101 cm³/mol. The summed E-state index contributed by atoms with van der Waals surface area (Å²) in [5.74, 6) is -0.260. The summed E-state index contributed by atoms with van der Waals surface area (Å²) in [5.41, 5.74) is 3.59. The lowest BCUT2D eigenvalue weighted by molar-refractivity contribution is -0.0498. The molecule has 3 aromatic carbocycles. The molecule has 138 valence electrons. The predicted octanol–water partition coefficient (Wildman–Crippen LogP) is 5.45. The van der Waals surface area contributed by atoms with Gasteiger partial charge in [-0.05, 0) is 47.9 Å². The Kier molecular flexibility index (Phi) is 5.81. The third-order valence-corrected chi connectivity index (χ3v) is 4.21. The van der Waals surface area contributed by atoms with Gasteiger partial charge in [0.2, 0.25) is 0 Å². The number of carbonyl (C=O) groups excluding carboxylic acids is 1. The number of ether oxygens (including phenoxy) is 1. The van der Waals surface area contributed by atoms with Crippen molar-refractivity contribution in [3.8, 4) is 16.9 Å². The molecule has 0 fully saturated rings. The van der Waals surface area contributed by atoms with Crippen LogP contribution in [-0.2, 0) is 0 Å². The third kappa shape index (κ3) is 4.91. The second-order valence-electron chi connectivity index (χ2n) is 6.09. The Balaban J connectivity index is 1.64. The van der Waals surface area contributed by atoms with E-state index in [1.165, 1.54) is 24.3 Å². The molecule has 27 heavy (non-hydrogen) atoms. The summed E-state index contributed by atoms with van der Waals surface area (Å²) in [4.78, 5) is 12.4. The van der Waals surface area contributed by atoms with E-state index >= 15 is 0 Å². The van der Waals surface area contributed by atoms with E-state index in [-0.39, 0.29) is 17.7 Å². The molecule has 0 radical (unpaired) electrons. The van der Waals surface area contributed by atoms with Gasteiger partial charge in [-0.15, -0.1) is 0 Å². The summed E-state index contributed by atoms with van der Waals surface area (Å²) >= 11 is 0. The van der Waals surface area contributed by atoms with Crippen LogP contribution in [0.5, 0.6) is 5.75 Å². The first kappa shape index (κ1) is 18.6. The van der Waals surface area contributed by atoms with E-state index in [2.05, 4.69) is 10.1 Å². The zero-order chi connectivity index (χ0) is 19.2. The molecule has 1 N–H and O–H groups in total. The first-order chi connectivity index (χ1) is 13.0. The van der Waals surface area contributed by atoms with Gasteiger partial charge in [0, 0.05) is 5.56 Å². The Hall–Kier alpha value is -3.21. The van der Waals surface area contributed by atoms with Crippen molar-refractivity contribution in [2.24, 2.45) is 0 Å². The van der Waals surface area contributed by atoms with Crippen molar-refractivity contribution < 1.29 is 18.3 Å². The number of rotatable bonds is 6. The fourth-order valence-corrected chi connectivity index (χ4v) is 2.75. The van der Waals surface area contributed by atoms with Gasteiger partial charge in [-0.25, -0.2) is 0 Å². The van der Waals surface area contributed by atoms with E-state index in [1.807, 2.05) is 61.5 Å². The van der Waals surface area contributed by atoms with Crippen molar-refractivity contribution in [1.29, 1.82) is 0 Å². The molecule has 0 aliphatic rings. The molecule has 0 aromatic heterocycles.